The van der Waals surface area contributed by atoms with E-state index in [1.807, 2.05) is 6.92 Å². The molecule has 0 bridgehead atoms. The molecule has 1 aliphatic rings. The topological polar surface area (TPSA) is 20.2 Å². The quantitative estimate of drug-likeness (QED) is 0.741. The highest BCUT2D eigenvalue weighted by Crippen LogP contribution is 2.42. The average Bonchev–Trinajstić information content (AvgIpc) is 2.26. The lowest BCUT2D eigenvalue weighted by atomic mass is 9.71. The highest BCUT2D eigenvalue weighted by atomic mass is 35.5. The third-order valence-corrected chi connectivity index (χ3v) is 4.47. The van der Waals surface area contributed by atoms with Crippen molar-refractivity contribution in [2.75, 3.05) is 0 Å². The lowest BCUT2D eigenvalue weighted by molar-refractivity contribution is 0.313. The van der Waals surface area contributed by atoms with Crippen molar-refractivity contribution in [1.29, 1.82) is 0 Å². The summed E-state index contributed by atoms with van der Waals surface area (Å²) in [4.78, 5) is 0. The predicted octanol–water partition coefficient (Wildman–Crippen LogP) is 4.26. The van der Waals surface area contributed by atoms with Gasteiger partial charge in [-0.1, -0.05) is 13.8 Å². The Morgan fingerprint density at radius 1 is 1.18 bits per heavy atom. The summed E-state index contributed by atoms with van der Waals surface area (Å²) in [6.07, 6.45) is 3.37. The lowest BCUT2D eigenvalue weighted by Gasteiger charge is -2.34. The van der Waals surface area contributed by atoms with E-state index in [1.165, 1.54) is 23.1 Å². The Morgan fingerprint density at radius 3 is 2.41 bits per heavy atom. The van der Waals surface area contributed by atoms with Crippen LogP contribution in [-0.2, 0) is 18.7 Å². The standard InChI is InChI=1S/C15H21ClO/c1-9-12-7-15(3,4)6-5-11(12)10(2)14(17)13(9)8-16/h17H,5-8H2,1-4H3. The molecule has 0 saturated heterocycles. The number of rotatable bonds is 1. The summed E-state index contributed by atoms with van der Waals surface area (Å²) in [5.74, 6) is 0.808. The molecule has 0 aliphatic heterocycles. The van der Waals surface area contributed by atoms with Crippen LogP contribution in [0.25, 0.3) is 0 Å². The third kappa shape index (κ3) is 2.06. The number of hydrogen-bond acceptors (Lipinski definition) is 1. The van der Waals surface area contributed by atoms with Crippen LogP contribution in [0.4, 0.5) is 0 Å². The zero-order valence-electron chi connectivity index (χ0n) is 11.2. The number of fused-ring (bicyclic) bond motifs is 1. The van der Waals surface area contributed by atoms with E-state index < -0.39 is 0 Å². The number of phenolic OH excluding ortho intramolecular Hbond substituents is 1. The van der Waals surface area contributed by atoms with Gasteiger partial charge in [0, 0.05) is 5.56 Å². The van der Waals surface area contributed by atoms with Gasteiger partial charge in [-0.05, 0) is 60.8 Å². The molecular weight excluding hydrogens is 232 g/mol. The molecule has 2 heteroatoms. The van der Waals surface area contributed by atoms with Gasteiger partial charge < -0.3 is 5.11 Å². The van der Waals surface area contributed by atoms with Crippen molar-refractivity contribution in [1.82, 2.24) is 0 Å². The molecule has 0 fully saturated rings. The fraction of sp³-hybridized carbons (Fsp3) is 0.600. The van der Waals surface area contributed by atoms with Gasteiger partial charge in [-0.2, -0.15) is 0 Å². The maximum atomic E-state index is 10.2. The second kappa shape index (κ2) is 4.20. The summed E-state index contributed by atoms with van der Waals surface area (Å²) in [6.45, 7) is 8.75. The summed E-state index contributed by atoms with van der Waals surface area (Å²) in [5.41, 5.74) is 6.30. The van der Waals surface area contributed by atoms with Crippen LogP contribution >= 0.6 is 11.6 Å². The van der Waals surface area contributed by atoms with Crippen LogP contribution < -0.4 is 0 Å². The van der Waals surface area contributed by atoms with E-state index in [0.29, 0.717) is 17.0 Å². The average molecular weight is 253 g/mol. The van der Waals surface area contributed by atoms with Crippen molar-refractivity contribution < 1.29 is 5.11 Å². The number of aromatic hydroxyl groups is 1. The first-order chi connectivity index (χ1) is 7.87. The van der Waals surface area contributed by atoms with Crippen LogP contribution in [0.5, 0.6) is 5.75 Å². The maximum Gasteiger partial charge on any atom is 0.123 e. The third-order valence-electron chi connectivity index (χ3n) is 4.20. The molecule has 0 radical (unpaired) electrons. The van der Waals surface area contributed by atoms with Gasteiger partial charge in [0.25, 0.3) is 0 Å². The predicted molar refractivity (Wildman–Crippen MR) is 72.9 cm³/mol. The Hall–Kier alpha value is -0.690. The molecule has 0 amide bonds. The van der Waals surface area contributed by atoms with Crippen LogP contribution in [0.3, 0.4) is 0 Å². The highest BCUT2D eigenvalue weighted by Gasteiger charge is 2.29. The van der Waals surface area contributed by atoms with Crippen molar-refractivity contribution in [2.45, 2.75) is 52.8 Å². The van der Waals surface area contributed by atoms with E-state index in [1.54, 1.807) is 0 Å². The van der Waals surface area contributed by atoms with E-state index >= 15 is 0 Å². The molecule has 17 heavy (non-hydrogen) atoms. The second-order valence-corrected chi connectivity index (χ2v) is 6.28. The van der Waals surface area contributed by atoms with Crippen molar-refractivity contribution >= 4 is 11.6 Å². The Balaban J connectivity index is 2.65. The first-order valence-electron chi connectivity index (χ1n) is 6.26. The van der Waals surface area contributed by atoms with Crippen molar-refractivity contribution in [2.24, 2.45) is 5.41 Å². The fourth-order valence-corrected chi connectivity index (χ4v) is 3.28. The SMILES string of the molecule is Cc1c(O)c(CCl)c(C)c2c1CCC(C)(C)C2. The van der Waals surface area contributed by atoms with Crippen molar-refractivity contribution in [3.05, 3.63) is 27.8 Å². The number of alkyl halides is 1. The number of phenols is 1. The molecule has 94 valence electrons. The number of hydrogen-bond donors (Lipinski definition) is 1. The molecular formula is C15H21ClO. The molecule has 1 aromatic carbocycles. The van der Waals surface area contributed by atoms with E-state index in [9.17, 15) is 5.11 Å². The molecule has 1 aliphatic carbocycles. The van der Waals surface area contributed by atoms with Crippen LogP contribution in [-0.4, -0.2) is 5.11 Å². The zero-order chi connectivity index (χ0) is 12.8. The van der Waals surface area contributed by atoms with E-state index in [-0.39, 0.29) is 0 Å². The minimum Gasteiger partial charge on any atom is -0.507 e. The Kier molecular flexibility index (Phi) is 3.15. The Bertz CT molecular complexity index is 461. The summed E-state index contributed by atoms with van der Waals surface area (Å²) in [5, 5.41) is 10.2. The molecule has 0 spiro atoms. The molecule has 2 rings (SSSR count). The highest BCUT2D eigenvalue weighted by molar-refractivity contribution is 6.17. The zero-order valence-corrected chi connectivity index (χ0v) is 11.9. The van der Waals surface area contributed by atoms with Gasteiger partial charge in [0.05, 0.1) is 5.88 Å². The minimum absolute atomic E-state index is 0.366. The molecule has 0 atom stereocenters. The largest absolute Gasteiger partial charge is 0.507 e. The summed E-state index contributed by atoms with van der Waals surface area (Å²) >= 11 is 5.96. The van der Waals surface area contributed by atoms with Crippen LogP contribution in [0, 0.1) is 19.3 Å². The number of benzene rings is 1. The normalized spacial score (nSPS) is 17.9. The van der Waals surface area contributed by atoms with Crippen molar-refractivity contribution in [3.63, 3.8) is 0 Å². The number of halogens is 1. The van der Waals surface area contributed by atoms with Gasteiger partial charge in [0.1, 0.15) is 5.75 Å². The van der Waals surface area contributed by atoms with Gasteiger partial charge in [0.15, 0.2) is 0 Å². The first kappa shape index (κ1) is 12.8. The van der Waals surface area contributed by atoms with Crippen LogP contribution in [0.2, 0.25) is 0 Å². The monoisotopic (exact) mass is 252 g/mol. The van der Waals surface area contributed by atoms with Gasteiger partial charge in [-0.25, -0.2) is 0 Å². The molecule has 0 saturated carbocycles. The van der Waals surface area contributed by atoms with E-state index in [4.69, 9.17) is 11.6 Å². The summed E-state index contributed by atoms with van der Waals surface area (Å²) < 4.78 is 0. The van der Waals surface area contributed by atoms with Crippen LogP contribution in [0.1, 0.15) is 48.1 Å². The van der Waals surface area contributed by atoms with Gasteiger partial charge >= 0.3 is 0 Å². The molecule has 1 aromatic rings. The molecule has 1 N–H and O–H groups in total. The molecule has 0 unspecified atom stereocenters. The summed E-state index contributed by atoms with van der Waals surface area (Å²) in [7, 11) is 0. The van der Waals surface area contributed by atoms with Gasteiger partial charge in [0.2, 0.25) is 0 Å². The molecule has 0 aromatic heterocycles. The van der Waals surface area contributed by atoms with Gasteiger partial charge in [-0.3, -0.25) is 0 Å². The van der Waals surface area contributed by atoms with Crippen LogP contribution in [0.15, 0.2) is 0 Å². The van der Waals surface area contributed by atoms with Crippen molar-refractivity contribution in [3.8, 4) is 5.75 Å². The Morgan fingerprint density at radius 2 is 1.82 bits per heavy atom. The molecule has 0 heterocycles. The van der Waals surface area contributed by atoms with E-state index in [0.717, 1.165) is 24.0 Å². The minimum atomic E-state index is 0.366. The molecule has 1 nitrogen and oxygen atoms in total. The first-order valence-corrected chi connectivity index (χ1v) is 6.79. The fourth-order valence-electron chi connectivity index (χ4n) is 2.95. The summed E-state index contributed by atoms with van der Waals surface area (Å²) in [6, 6.07) is 0. The second-order valence-electron chi connectivity index (χ2n) is 6.01. The lowest BCUT2D eigenvalue weighted by Crippen LogP contribution is -2.24. The smallest absolute Gasteiger partial charge is 0.123 e. The van der Waals surface area contributed by atoms with E-state index in [2.05, 4.69) is 20.8 Å². The van der Waals surface area contributed by atoms with Gasteiger partial charge in [-0.15, -0.1) is 11.6 Å². The Labute approximate surface area is 109 Å². The maximum absolute atomic E-state index is 10.2.